The lowest BCUT2D eigenvalue weighted by Gasteiger charge is -2.10. The third-order valence-corrected chi connectivity index (χ3v) is 4.50. The lowest BCUT2D eigenvalue weighted by molar-refractivity contribution is -0.137. The normalized spacial score (nSPS) is 13.1. The van der Waals surface area contributed by atoms with Gasteiger partial charge in [-0.1, -0.05) is 42.5 Å². The van der Waals surface area contributed by atoms with Gasteiger partial charge in [0, 0.05) is 10.9 Å². The van der Waals surface area contributed by atoms with Gasteiger partial charge in [0.2, 0.25) is 5.96 Å². The highest BCUT2D eigenvalue weighted by molar-refractivity contribution is 6.24. The van der Waals surface area contributed by atoms with Crippen LogP contribution in [-0.4, -0.2) is 39.4 Å². The minimum absolute atomic E-state index is 0.0882. The summed E-state index contributed by atoms with van der Waals surface area (Å²) in [5, 5.41) is 11.5. The molecule has 1 aromatic heterocycles. The van der Waals surface area contributed by atoms with Crippen molar-refractivity contribution in [2.75, 3.05) is 6.61 Å². The van der Waals surface area contributed by atoms with Crippen molar-refractivity contribution in [3.05, 3.63) is 70.9 Å². The van der Waals surface area contributed by atoms with E-state index in [-0.39, 0.29) is 35.7 Å². The number of guanidine groups is 1. The summed E-state index contributed by atoms with van der Waals surface area (Å²) in [6, 6.07) is 14.3. The van der Waals surface area contributed by atoms with Crippen molar-refractivity contribution < 1.29 is 14.6 Å². The molecule has 0 saturated carbocycles. The number of hydrogen-bond donors (Lipinski definition) is 3. The van der Waals surface area contributed by atoms with Crippen LogP contribution in [0, 0.1) is 13.8 Å². The van der Waals surface area contributed by atoms with Gasteiger partial charge in [0.05, 0.1) is 17.8 Å². The van der Waals surface area contributed by atoms with Crippen molar-refractivity contribution in [1.29, 1.82) is 0 Å². The van der Waals surface area contributed by atoms with E-state index in [0.29, 0.717) is 5.56 Å². The van der Waals surface area contributed by atoms with Crippen LogP contribution in [0.25, 0.3) is 16.7 Å². The van der Waals surface area contributed by atoms with Crippen LogP contribution < -0.4 is 11.5 Å². The molecule has 9 heteroatoms. The Hall–Kier alpha value is -4.27. The van der Waals surface area contributed by atoms with Crippen molar-refractivity contribution in [2.24, 2.45) is 21.5 Å². The fraction of sp³-hybridized carbons (Fsp3) is 0.174. The molecule has 0 radical (unpaired) electrons. The van der Waals surface area contributed by atoms with Gasteiger partial charge in [-0.2, -0.15) is 9.98 Å². The Morgan fingerprint density at radius 1 is 1.09 bits per heavy atom. The first-order valence-electron chi connectivity index (χ1n) is 9.89. The highest BCUT2D eigenvalue weighted by Gasteiger charge is 2.22. The zero-order chi connectivity index (χ0) is 23.3. The van der Waals surface area contributed by atoms with Crippen molar-refractivity contribution >= 4 is 40.4 Å². The van der Waals surface area contributed by atoms with E-state index in [2.05, 4.69) is 20.0 Å². The number of aliphatic hydroxyl groups is 1. The smallest absolute Gasteiger partial charge is 0.345 e. The van der Waals surface area contributed by atoms with E-state index in [1.54, 1.807) is 37.3 Å². The number of aliphatic hydroxyl groups excluding tert-OH is 1. The SMILES string of the molecule is CCOC(=O)C(/C(N)=N\C(N)=N\c1nc(C)c2ccc(C)cc2n1)=C(/O)c1ccccc1. The molecule has 0 aliphatic heterocycles. The third-order valence-electron chi connectivity index (χ3n) is 4.50. The number of ether oxygens (including phenoxy) is 1. The maximum Gasteiger partial charge on any atom is 0.345 e. The number of benzene rings is 2. The zero-order valence-electron chi connectivity index (χ0n) is 18.0. The number of hydrogen-bond acceptors (Lipinski definition) is 6. The summed E-state index contributed by atoms with van der Waals surface area (Å²) in [5.74, 6) is -1.75. The highest BCUT2D eigenvalue weighted by Crippen LogP contribution is 2.20. The van der Waals surface area contributed by atoms with Crippen molar-refractivity contribution in [2.45, 2.75) is 20.8 Å². The van der Waals surface area contributed by atoms with E-state index < -0.39 is 5.97 Å². The Morgan fingerprint density at radius 3 is 2.50 bits per heavy atom. The second kappa shape index (κ2) is 9.69. The highest BCUT2D eigenvalue weighted by atomic mass is 16.5. The van der Waals surface area contributed by atoms with Crippen LogP contribution in [0.5, 0.6) is 0 Å². The molecule has 0 saturated heterocycles. The summed E-state index contributed by atoms with van der Waals surface area (Å²) in [5.41, 5.74) is 14.5. The van der Waals surface area contributed by atoms with Gasteiger partial charge in [-0.15, -0.1) is 0 Å². The van der Waals surface area contributed by atoms with E-state index in [9.17, 15) is 9.90 Å². The first-order chi connectivity index (χ1) is 15.3. The predicted molar refractivity (Wildman–Crippen MR) is 125 cm³/mol. The molecule has 5 N–H and O–H groups in total. The van der Waals surface area contributed by atoms with Crippen LogP contribution in [0.1, 0.15) is 23.7 Å². The Labute approximate surface area is 185 Å². The maximum absolute atomic E-state index is 12.5. The molecule has 2 aromatic carbocycles. The van der Waals surface area contributed by atoms with E-state index in [0.717, 1.165) is 22.2 Å². The Bertz CT molecular complexity index is 1250. The predicted octanol–water partition coefficient (Wildman–Crippen LogP) is 3.08. The van der Waals surface area contributed by atoms with Gasteiger partial charge in [-0.25, -0.2) is 14.8 Å². The van der Waals surface area contributed by atoms with Crippen LogP contribution in [0.4, 0.5) is 5.95 Å². The van der Waals surface area contributed by atoms with E-state index in [4.69, 9.17) is 16.2 Å². The third kappa shape index (κ3) is 5.07. The summed E-state index contributed by atoms with van der Waals surface area (Å²) in [7, 11) is 0. The van der Waals surface area contributed by atoms with Gasteiger partial charge in [-0.3, -0.25) is 0 Å². The molecule has 0 bridgehead atoms. The topological polar surface area (TPSA) is 149 Å². The number of fused-ring (bicyclic) bond motifs is 1. The largest absolute Gasteiger partial charge is 0.506 e. The molecule has 9 nitrogen and oxygen atoms in total. The molecule has 0 spiro atoms. The number of nitrogens with two attached hydrogens (primary N) is 2. The zero-order valence-corrected chi connectivity index (χ0v) is 18.0. The first kappa shape index (κ1) is 22.4. The molecule has 32 heavy (non-hydrogen) atoms. The van der Waals surface area contributed by atoms with Gasteiger partial charge < -0.3 is 21.3 Å². The van der Waals surface area contributed by atoms with Crippen LogP contribution in [0.15, 0.2) is 64.1 Å². The number of aromatic nitrogens is 2. The molecule has 1 heterocycles. The number of nitrogens with zero attached hydrogens (tertiary/aromatic N) is 4. The van der Waals surface area contributed by atoms with E-state index >= 15 is 0 Å². The van der Waals surface area contributed by atoms with Gasteiger partial charge in [-0.05, 0) is 32.4 Å². The van der Waals surface area contributed by atoms with Crippen LogP contribution >= 0.6 is 0 Å². The molecule has 0 atom stereocenters. The number of carbonyl (C=O) groups excluding carboxylic acids is 1. The summed E-state index contributed by atoms with van der Waals surface area (Å²) < 4.78 is 5.02. The fourth-order valence-electron chi connectivity index (χ4n) is 3.01. The summed E-state index contributed by atoms with van der Waals surface area (Å²) in [4.78, 5) is 29.3. The number of esters is 1. The van der Waals surface area contributed by atoms with Gasteiger partial charge in [0.1, 0.15) is 17.2 Å². The second-order valence-corrected chi connectivity index (χ2v) is 6.91. The number of aliphatic imine (C=N–C) groups is 2. The van der Waals surface area contributed by atoms with Crippen molar-refractivity contribution in [1.82, 2.24) is 9.97 Å². The standard InChI is InChI=1S/C23H24N6O3/c1-4-32-21(31)18(19(30)15-8-6-5-7-9-15)20(24)28-22(25)29-23-26-14(3)16-11-10-13(2)12-17(16)27-23/h5-12,30H,4H2,1-3H3,(H4,24,25,26,27,28,29)/b19-18+. The average Bonchev–Trinajstić information content (AvgIpc) is 2.74. The average molecular weight is 432 g/mol. The summed E-state index contributed by atoms with van der Waals surface area (Å²) in [6.45, 7) is 5.53. The minimum Gasteiger partial charge on any atom is -0.506 e. The molecular formula is C23H24N6O3. The van der Waals surface area contributed by atoms with Gasteiger partial charge in [0.15, 0.2) is 0 Å². The second-order valence-electron chi connectivity index (χ2n) is 6.91. The quantitative estimate of drug-likeness (QED) is 0.184. The molecule has 0 aliphatic rings. The van der Waals surface area contributed by atoms with Crippen molar-refractivity contribution in [3.63, 3.8) is 0 Å². The molecule has 3 rings (SSSR count). The van der Waals surface area contributed by atoms with Crippen molar-refractivity contribution in [3.8, 4) is 0 Å². The Morgan fingerprint density at radius 2 is 1.81 bits per heavy atom. The fourth-order valence-corrected chi connectivity index (χ4v) is 3.01. The lowest BCUT2D eigenvalue weighted by atomic mass is 10.1. The van der Waals surface area contributed by atoms with Crippen LogP contribution in [0.2, 0.25) is 0 Å². The molecule has 0 fully saturated rings. The Kier molecular flexibility index (Phi) is 6.79. The van der Waals surface area contributed by atoms with Gasteiger partial charge >= 0.3 is 5.97 Å². The van der Waals surface area contributed by atoms with E-state index in [1.165, 1.54) is 0 Å². The van der Waals surface area contributed by atoms with Crippen LogP contribution in [0.3, 0.4) is 0 Å². The summed E-state index contributed by atoms with van der Waals surface area (Å²) >= 11 is 0. The van der Waals surface area contributed by atoms with Crippen LogP contribution in [-0.2, 0) is 9.53 Å². The number of rotatable bonds is 5. The summed E-state index contributed by atoms with van der Waals surface area (Å²) in [6.07, 6.45) is 0. The molecule has 3 aromatic rings. The minimum atomic E-state index is -0.837. The number of amidine groups is 1. The lowest BCUT2D eigenvalue weighted by Crippen LogP contribution is -2.27. The first-order valence-corrected chi connectivity index (χ1v) is 9.89. The Balaban J connectivity index is 2.03. The van der Waals surface area contributed by atoms with Gasteiger partial charge in [0.25, 0.3) is 5.95 Å². The molecule has 0 aliphatic carbocycles. The van der Waals surface area contributed by atoms with E-state index in [1.807, 2.05) is 32.0 Å². The molecular weight excluding hydrogens is 408 g/mol. The molecule has 164 valence electrons. The molecule has 0 amide bonds. The number of aryl methyl sites for hydroxylation is 2. The monoisotopic (exact) mass is 432 g/mol. The molecule has 0 unspecified atom stereocenters. The maximum atomic E-state index is 12.5. The number of carbonyl (C=O) groups is 1.